The molecule has 1 unspecified atom stereocenters. The van der Waals surface area contributed by atoms with E-state index in [-0.39, 0.29) is 24.6 Å². The molecular weight excluding hydrogens is 445 g/mol. The van der Waals surface area contributed by atoms with Gasteiger partial charge in [-0.25, -0.2) is 4.39 Å². The molecule has 3 aromatic rings. The van der Waals surface area contributed by atoms with Crippen LogP contribution in [0.15, 0.2) is 60.7 Å². The topological polar surface area (TPSA) is 54.0 Å². The van der Waals surface area contributed by atoms with Gasteiger partial charge in [-0.1, -0.05) is 24.3 Å². The van der Waals surface area contributed by atoms with Crippen molar-refractivity contribution in [2.24, 2.45) is 0 Å². The Balaban J connectivity index is 1.33. The van der Waals surface area contributed by atoms with E-state index >= 15 is 0 Å². The number of para-hydroxylation sites is 1. The fraction of sp³-hybridized carbons (Fsp3) is 0.321. The first-order valence-corrected chi connectivity index (χ1v) is 12.0. The van der Waals surface area contributed by atoms with Crippen LogP contribution < -0.4 is 19.7 Å². The van der Waals surface area contributed by atoms with Crippen molar-refractivity contribution < 1.29 is 18.7 Å². The summed E-state index contributed by atoms with van der Waals surface area (Å²) in [6.07, 6.45) is 0. The lowest BCUT2D eigenvalue weighted by Gasteiger charge is -2.40. The number of carbonyl (C=O) groups is 1. The van der Waals surface area contributed by atoms with E-state index in [0.717, 1.165) is 41.3 Å². The maximum atomic E-state index is 14.3. The molecule has 1 fully saturated rings. The average Bonchev–Trinajstić information content (AvgIpc) is 3.35. The van der Waals surface area contributed by atoms with E-state index in [2.05, 4.69) is 15.1 Å². The molecule has 6 nitrogen and oxygen atoms in total. The van der Waals surface area contributed by atoms with Gasteiger partial charge in [0.25, 0.3) is 5.91 Å². The number of carbonyl (C=O) groups excluding carboxylic acids is 1. The Morgan fingerprint density at radius 2 is 1.71 bits per heavy atom. The summed E-state index contributed by atoms with van der Waals surface area (Å²) in [4.78, 5) is 17.4. The van der Waals surface area contributed by atoms with Gasteiger partial charge in [-0.05, 0) is 66.9 Å². The molecule has 0 radical (unpaired) electrons. The SMILES string of the molecule is Cc1ccc(C(=O)NCC(c2ccc3c(c2)OCO3)N2CCN(c3ccccc3F)CC2)cc1C. The minimum absolute atomic E-state index is 0.0530. The normalized spacial score (nSPS) is 16.3. The molecule has 0 aliphatic carbocycles. The van der Waals surface area contributed by atoms with Gasteiger partial charge in [0.1, 0.15) is 5.82 Å². The molecule has 2 aliphatic rings. The van der Waals surface area contributed by atoms with Crippen LogP contribution in [0.25, 0.3) is 0 Å². The van der Waals surface area contributed by atoms with Crippen LogP contribution in [0.2, 0.25) is 0 Å². The number of piperazine rings is 1. The minimum atomic E-state index is -0.200. The van der Waals surface area contributed by atoms with E-state index in [1.54, 1.807) is 6.07 Å². The summed E-state index contributed by atoms with van der Waals surface area (Å²) < 4.78 is 25.4. The van der Waals surface area contributed by atoms with Gasteiger partial charge in [0, 0.05) is 38.3 Å². The van der Waals surface area contributed by atoms with E-state index in [1.165, 1.54) is 6.07 Å². The molecule has 2 aliphatic heterocycles. The first-order chi connectivity index (χ1) is 17.0. The molecule has 0 bridgehead atoms. The fourth-order valence-electron chi connectivity index (χ4n) is 4.73. The highest BCUT2D eigenvalue weighted by atomic mass is 19.1. The van der Waals surface area contributed by atoms with Crippen LogP contribution in [0.1, 0.15) is 33.1 Å². The highest BCUT2D eigenvalue weighted by molar-refractivity contribution is 5.94. The molecule has 0 saturated carbocycles. The number of nitrogens with one attached hydrogen (secondary N) is 1. The highest BCUT2D eigenvalue weighted by Gasteiger charge is 2.28. The molecule has 0 aromatic heterocycles. The standard InChI is InChI=1S/C28H30FN3O3/c1-19-7-8-22(15-20(19)2)28(33)30-17-25(21-9-10-26-27(16-21)35-18-34-26)32-13-11-31(12-14-32)24-6-4-3-5-23(24)29/h3-10,15-16,25H,11-14,17-18H2,1-2H3,(H,30,33). The molecule has 182 valence electrons. The van der Waals surface area contributed by atoms with Crippen molar-refractivity contribution in [3.05, 3.63) is 88.7 Å². The quantitative estimate of drug-likeness (QED) is 0.570. The van der Waals surface area contributed by atoms with Gasteiger partial charge in [-0.2, -0.15) is 0 Å². The Hall–Kier alpha value is -3.58. The van der Waals surface area contributed by atoms with Crippen LogP contribution in [-0.4, -0.2) is 50.3 Å². The van der Waals surface area contributed by atoms with Crippen molar-refractivity contribution in [2.75, 3.05) is 44.4 Å². The Bertz CT molecular complexity index is 1220. The molecule has 5 rings (SSSR count). The molecule has 0 spiro atoms. The molecule has 3 aromatic carbocycles. The zero-order valence-electron chi connectivity index (χ0n) is 20.1. The van der Waals surface area contributed by atoms with Crippen LogP contribution in [0.5, 0.6) is 11.5 Å². The summed E-state index contributed by atoms with van der Waals surface area (Å²) in [6, 6.07) is 18.6. The van der Waals surface area contributed by atoms with Gasteiger partial charge in [0.05, 0.1) is 11.7 Å². The van der Waals surface area contributed by atoms with E-state index in [9.17, 15) is 9.18 Å². The summed E-state index contributed by atoms with van der Waals surface area (Å²) >= 11 is 0. The lowest BCUT2D eigenvalue weighted by molar-refractivity contribution is 0.0930. The number of hydrogen-bond acceptors (Lipinski definition) is 5. The fourth-order valence-corrected chi connectivity index (χ4v) is 4.73. The van der Waals surface area contributed by atoms with Gasteiger partial charge < -0.3 is 19.7 Å². The van der Waals surface area contributed by atoms with Crippen molar-refractivity contribution in [1.82, 2.24) is 10.2 Å². The molecular formula is C28H30FN3O3. The van der Waals surface area contributed by atoms with Gasteiger partial charge in [0.2, 0.25) is 6.79 Å². The second-order valence-electron chi connectivity index (χ2n) is 9.11. The maximum Gasteiger partial charge on any atom is 0.251 e. The zero-order valence-corrected chi connectivity index (χ0v) is 20.1. The number of hydrogen-bond donors (Lipinski definition) is 1. The Kier molecular flexibility index (Phi) is 6.59. The second-order valence-corrected chi connectivity index (χ2v) is 9.11. The first-order valence-electron chi connectivity index (χ1n) is 12.0. The molecule has 1 amide bonds. The second kappa shape index (κ2) is 9.96. The largest absolute Gasteiger partial charge is 0.454 e. The van der Waals surface area contributed by atoms with Crippen molar-refractivity contribution in [2.45, 2.75) is 19.9 Å². The Morgan fingerprint density at radius 1 is 0.943 bits per heavy atom. The Morgan fingerprint density at radius 3 is 2.49 bits per heavy atom. The van der Waals surface area contributed by atoms with Gasteiger partial charge in [0.15, 0.2) is 11.5 Å². The van der Waals surface area contributed by atoms with E-state index in [0.29, 0.717) is 30.9 Å². The predicted octanol–water partition coefficient (Wildman–Crippen LogP) is 4.46. The number of anilines is 1. The van der Waals surface area contributed by atoms with Crippen LogP contribution in [0, 0.1) is 19.7 Å². The third kappa shape index (κ3) is 4.95. The van der Waals surface area contributed by atoms with Crippen molar-refractivity contribution in [3.8, 4) is 11.5 Å². The first kappa shape index (κ1) is 23.2. The molecule has 1 N–H and O–H groups in total. The number of rotatable bonds is 6. The maximum absolute atomic E-state index is 14.3. The average molecular weight is 476 g/mol. The summed E-state index contributed by atoms with van der Waals surface area (Å²) in [5, 5.41) is 3.13. The zero-order chi connectivity index (χ0) is 24.4. The number of amides is 1. The minimum Gasteiger partial charge on any atom is -0.454 e. The highest BCUT2D eigenvalue weighted by Crippen LogP contribution is 2.36. The smallest absolute Gasteiger partial charge is 0.251 e. The third-order valence-electron chi connectivity index (χ3n) is 6.95. The lowest BCUT2D eigenvalue weighted by atomic mass is 10.0. The van der Waals surface area contributed by atoms with Gasteiger partial charge in [-0.3, -0.25) is 9.69 Å². The summed E-state index contributed by atoms with van der Waals surface area (Å²) in [6.45, 7) is 7.60. The summed E-state index contributed by atoms with van der Waals surface area (Å²) in [5.41, 5.74) is 4.59. The predicted molar refractivity (Wildman–Crippen MR) is 134 cm³/mol. The van der Waals surface area contributed by atoms with Crippen molar-refractivity contribution in [3.63, 3.8) is 0 Å². The van der Waals surface area contributed by atoms with Crippen LogP contribution in [0.3, 0.4) is 0 Å². The molecule has 7 heteroatoms. The van der Waals surface area contributed by atoms with Crippen molar-refractivity contribution >= 4 is 11.6 Å². The Labute approximate surface area is 205 Å². The van der Waals surface area contributed by atoms with Crippen LogP contribution in [0.4, 0.5) is 10.1 Å². The monoisotopic (exact) mass is 475 g/mol. The summed E-state index contributed by atoms with van der Waals surface area (Å²) in [7, 11) is 0. The van der Waals surface area contributed by atoms with Crippen molar-refractivity contribution in [1.29, 1.82) is 0 Å². The van der Waals surface area contributed by atoms with Gasteiger partial charge >= 0.3 is 0 Å². The summed E-state index contributed by atoms with van der Waals surface area (Å²) in [5.74, 6) is 1.16. The lowest BCUT2D eigenvalue weighted by Crippen LogP contribution is -2.50. The molecule has 1 saturated heterocycles. The van der Waals surface area contributed by atoms with E-state index < -0.39 is 0 Å². The third-order valence-corrected chi connectivity index (χ3v) is 6.95. The number of halogens is 1. The number of fused-ring (bicyclic) bond motifs is 1. The number of aryl methyl sites for hydroxylation is 2. The number of ether oxygens (including phenoxy) is 2. The van der Waals surface area contributed by atoms with Crippen LogP contribution >= 0.6 is 0 Å². The number of nitrogens with zero attached hydrogens (tertiary/aromatic N) is 2. The molecule has 1 atom stereocenters. The van der Waals surface area contributed by atoms with E-state index in [4.69, 9.17) is 9.47 Å². The van der Waals surface area contributed by atoms with E-state index in [1.807, 2.05) is 62.4 Å². The number of benzene rings is 3. The van der Waals surface area contributed by atoms with Crippen LogP contribution in [-0.2, 0) is 0 Å². The van der Waals surface area contributed by atoms with Gasteiger partial charge in [-0.15, -0.1) is 0 Å². The molecule has 2 heterocycles. The molecule has 35 heavy (non-hydrogen) atoms.